The fraction of sp³-hybridized carbons (Fsp3) is 0.429. The van der Waals surface area contributed by atoms with Gasteiger partial charge in [-0.15, -0.1) is 0 Å². The van der Waals surface area contributed by atoms with Crippen molar-refractivity contribution in [3.63, 3.8) is 0 Å². The maximum Gasteiger partial charge on any atom is 0.318 e. The summed E-state index contributed by atoms with van der Waals surface area (Å²) in [5.74, 6) is -0.223. The Morgan fingerprint density at radius 2 is 2.25 bits per heavy atom. The molecule has 0 bridgehead atoms. The molecule has 0 fully saturated rings. The van der Waals surface area contributed by atoms with Gasteiger partial charge in [-0.05, 0) is 38.0 Å². The third-order valence-corrected chi connectivity index (χ3v) is 2.86. The van der Waals surface area contributed by atoms with Gasteiger partial charge in [-0.25, -0.2) is 0 Å². The predicted molar refractivity (Wildman–Crippen MR) is 71.9 cm³/mol. The van der Waals surface area contributed by atoms with E-state index >= 15 is 0 Å². The van der Waals surface area contributed by atoms with Crippen LogP contribution in [0.15, 0.2) is 22.9 Å². The van der Waals surface area contributed by atoms with Crippen molar-refractivity contribution < 1.29 is 14.1 Å². The molecule has 0 N–H and O–H groups in total. The van der Waals surface area contributed by atoms with Gasteiger partial charge in [0, 0.05) is 6.20 Å². The molecule has 1 unspecified atom stereocenters. The molecule has 2 aromatic rings. The number of carbonyl (C=O) groups is 1. The summed E-state index contributed by atoms with van der Waals surface area (Å²) in [7, 11) is 0. The SMILES string of the molecule is CCOC(=O)C(CC)c1nc(-c2cc(C)ccn2)no1. The highest BCUT2D eigenvalue weighted by Gasteiger charge is 2.26. The number of carbonyl (C=O) groups excluding carboxylic acids is 1. The average Bonchev–Trinajstić information content (AvgIpc) is 2.89. The topological polar surface area (TPSA) is 78.1 Å². The number of rotatable bonds is 5. The first kappa shape index (κ1) is 14.2. The van der Waals surface area contributed by atoms with Gasteiger partial charge in [0.2, 0.25) is 11.7 Å². The first-order chi connectivity index (χ1) is 9.65. The second kappa shape index (κ2) is 6.27. The molecule has 2 aromatic heterocycles. The molecule has 0 saturated heterocycles. The Labute approximate surface area is 117 Å². The molecule has 0 aliphatic carbocycles. The largest absolute Gasteiger partial charge is 0.465 e. The smallest absolute Gasteiger partial charge is 0.318 e. The summed E-state index contributed by atoms with van der Waals surface area (Å²) >= 11 is 0. The summed E-state index contributed by atoms with van der Waals surface area (Å²) in [6.45, 7) is 5.92. The van der Waals surface area contributed by atoms with E-state index < -0.39 is 5.92 Å². The second-order valence-corrected chi connectivity index (χ2v) is 4.39. The number of aryl methyl sites for hydroxylation is 1. The average molecular weight is 275 g/mol. The Kier molecular flexibility index (Phi) is 4.45. The van der Waals surface area contributed by atoms with Crippen LogP contribution < -0.4 is 0 Å². The van der Waals surface area contributed by atoms with Crippen molar-refractivity contribution >= 4 is 5.97 Å². The molecular formula is C14H17N3O3. The van der Waals surface area contributed by atoms with Crippen LogP contribution in [-0.2, 0) is 9.53 Å². The van der Waals surface area contributed by atoms with Gasteiger partial charge in [-0.2, -0.15) is 4.98 Å². The summed E-state index contributed by atoms with van der Waals surface area (Å²) < 4.78 is 10.2. The van der Waals surface area contributed by atoms with Crippen LogP contribution in [-0.4, -0.2) is 27.7 Å². The standard InChI is InChI=1S/C14H17N3O3/c1-4-10(14(18)19-5-2)13-16-12(17-20-13)11-8-9(3)6-7-15-11/h6-8,10H,4-5H2,1-3H3. The second-order valence-electron chi connectivity index (χ2n) is 4.39. The van der Waals surface area contributed by atoms with Crippen molar-refractivity contribution in [1.82, 2.24) is 15.1 Å². The molecule has 0 amide bonds. The molecular weight excluding hydrogens is 258 g/mol. The predicted octanol–water partition coefficient (Wildman–Crippen LogP) is 2.50. The van der Waals surface area contributed by atoms with E-state index in [9.17, 15) is 4.79 Å². The van der Waals surface area contributed by atoms with E-state index in [4.69, 9.17) is 9.26 Å². The van der Waals surface area contributed by atoms with Crippen LogP contribution in [0.3, 0.4) is 0 Å². The zero-order chi connectivity index (χ0) is 14.5. The number of nitrogens with zero attached hydrogens (tertiary/aromatic N) is 3. The monoisotopic (exact) mass is 275 g/mol. The minimum Gasteiger partial charge on any atom is -0.465 e. The lowest BCUT2D eigenvalue weighted by Gasteiger charge is -2.08. The van der Waals surface area contributed by atoms with Crippen LogP contribution in [0.5, 0.6) is 0 Å². The van der Waals surface area contributed by atoms with Gasteiger partial charge in [-0.3, -0.25) is 9.78 Å². The molecule has 106 valence electrons. The fourth-order valence-corrected chi connectivity index (χ4v) is 1.82. The maximum atomic E-state index is 11.8. The molecule has 2 rings (SSSR count). The van der Waals surface area contributed by atoms with Crippen LogP contribution in [0.25, 0.3) is 11.5 Å². The first-order valence-electron chi connectivity index (χ1n) is 6.59. The first-order valence-corrected chi connectivity index (χ1v) is 6.59. The Hall–Kier alpha value is -2.24. The zero-order valence-electron chi connectivity index (χ0n) is 11.8. The summed E-state index contributed by atoms with van der Waals surface area (Å²) in [5, 5.41) is 3.88. The summed E-state index contributed by atoms with van der Waals surface area (Å²) in [6.07, 6.45) is 2.23. The molecule has 6 nitrogen and oxygen atoms in total. The quantitative estimate of drug-likeness (QED) is 0.780. The van der Waals surface area contributed by atoms with Crippen molar-refractivity contribution in [1.29, 1.82) is 0 Å². The van der Waals surface area contributed by atoms with E-state index in [1.807, 2.05) is 26.0 Å². The van der Waals surface area contributed by atoms with E-state index in [-0.39, 0.29) is 11.9 Å². The van der Waals surface area contributed by atoms with Crippen LogP contribution in [0.1, 0.15) is 37.6 Å². The van der Waals surface area contributed by atoms with Crippen LogP contribution in [0, 0.1) is 6.92 Å². The Morgan fingerprint density at radius 1 is 1.45 bits per heavy atom. The van der Waals surface area contributed by atoms with E-state index in [1.165, 1.54) is 0 Å². The minimum atomic E-state index is -0.527. The molecule has 6 heteroatoms. The van der Waals surface area contributed by atoms with Gasteiger partial charge in [0.25, 0.3) is 0 Å². The molecule has 20 heavy (non-hydrogen) atoms. The third kappa shape index (κ3) is 3.01. The van der Waals surface area contributed by atoms with Crippen molar-refractivity contribution in [2.24, 2.45) is 0 Å². The van der Waals surface area contributed by atoms with Crippen molar-refractivity contribution in [3.8, 4) is 11.5 Å². The van der Waals surface area contributed by atoms with Gasteiger partial charge in [-0.1, -0.05) is 12.1 Å². The highest BCUT2D eigenvalue weighted by molar-refractivity contribution is 5.76. The number of aromatic nitrogens is 3. The molecule has 2 heterocycles. The number of hydrogen-bond acceptors (Lipinski definition) is 6. The normalized spacial score (nSPS) is 12.2. The Balaban J connectivity index is 2.25. The van der Waals surface area contributed by atoms with E-state index in [0.29, 0.717) is 24.5 Å². The van der Waals surface area contributed by atoms with Gasteiger partial charge in [0.1, 0.15) is 11.6 Å². The number of ether oxygens (including phenoxy) is 1. The molecule has 1 atom stereocenters. The third-order valence-electron chi connectivity index (χ3n) is 2.86. The molecule has 0 aliphatic heterocycles. The Morgan fingerprint density at radius 3 is 2.90 bits per heavy atom. The molecule has 0 radical (unpaired) electrons. The van der Waals surface area contributed by atoms with E-state index in [0.717, 1.165) is 5.56 Å². The highest BCUT2D eigenvalue weighted by Crippen LogP contribution is 2.22. The number of hydrogen-bond donors (Lipinski definition) is 0. The number of esters is 1. The van der Waals surface area contributed by atoms with Crippen molar-refractivity contribution in [3.05, 3.63) is 29.8 Å². The van der Waals surface area contributed by atoms with Crippen LogP contribution in [0.4, 0.5) is 0 Å². The molecule has 0 saturated carbocycles. The number of pyridine rings is 1. The molecule has 0 aromatic carbocycles. The summed E-state index contributed by atoms with van der Waals surface area (Å²) in [4.78, 5) is 20.3. The molecule has 0 aliphatic rings. The van der Waals surface area contributed by atoms with Crippen molar-refractivity contribution in [2.45, 2.75) is 33.1 Å². The lowest BCUT2D eigenvalue weighted by atomic mass is 10.1. The van der Waals surface area contributed by atoms with Crippen LogP contribution >= 0.6 is 0 Å². The molecule has 0 spiro atoms. The highest BCUT2D eigenvalue weighted by atomic mass is 16.5. The Bertz CT molecular complexity index is 595. The zero-order valence-corrected chi connectivity index (χ0v) is 11.8. The van der Waals surface area contributed by atoms with Gasteiger partial charge < -0.3 is 9.26 Å². The van der Waals surface area contributed by atoms with E-state index in [1.54, 1.807) is 13.1 Å². The van der Waals surface area contributed by atoms with Gasteiger partial charge in [0.15, 0.2) is 0 Å². The minimum absolute atomic E-state index is 0.268. The lowest BCUT2D eigenvalue weighted by Crippen LogP contribution is -2.15. The van der Waals surface area contributed by atoms with Gasteiger partial charge >= 0.3 is 5.97 Å². The van der Waals surface area contributed by atoms with Crippen LogP contribution in [0.2, 0.25) is 0 Å². The van der Waals surface area contributed by atoms with Gasteiger partial charge in [0.05, 0.1) is 6.61 Å². The van der Waals surface area contributed by atoms with Crippen molar-refractivity contribution in [2.75, 3.05) is 6.61 Å². The summed E-state index contributed by atoms with van der Waals surface area (Å²) in [6, 6.07) is 3.75. The van der Waals surface area contributed by atoms with E-state index in [2.05, 4.69) is 15.1 Å². The fourth-order valence-electron chi connectivity index (χ4n) is 1.82. The lowest BCUT2D eigenvalue weighted by molar-refractivity contribution is -0.145. The maximum absolute atomic E-state index is 11.8. The summed E-state index contributed by atoms with van der Waals surface area (Å²) in [5.41, 5.74) is 1.68.